The minimum absolute atomic E-state index is 0.0448. The molecule has 0 aliphatic heterocycles. The Bertz CT molecular complexity index is 458. The average Bonchev–Trinajstić information content (AvgIpc) is 2.85. The standard InChI is InChI=1S/C8H9BrN4OS2/c9-6-3-7(15-4-6)5-16-8-10-11-12-13(8)1-2-14/h3-4,14H,1-2,5H2. The Morgan fingerprint density at radius 2 is 2.44 bits per heavy atom. The Balaban J connectivity index is 1.96. The van der Waals surface area contributed by atoms with Crippen LogP contribution in [0, 0.1) is 0 Å². The lowest BCUT2D eigenvalue weighted by Crippen LogP contribution is -2.05. The Labute approximate surface area is 109 Å². The largest absolute Gasteiger partial charge is 0.394 e. The predicted octanol–water partition coefficient (Wildman–Crippen LogP) is 1.78. The lowest BCUT2D eigenvalue weighted by molar-refractivity contribution is 0.262. The number of nitrogens with zero attached hydrogens (tertiary/aromatic N) is 4. The lowest BCUT2D eigenvalue weighted by atomic mass is 10.5. The second kappa shape index (κ2) is 5.76. The number of aliphatic hydroxyl groups excluding tert-OH is 1. The molecule has 0 aromatic carbocycles. The summed E-state index contributed by atoms with van der Waals surface area (Å²) in [6.07, 6.45) is 0. The van der Waals surface area contributed by atoms with Gasteiger partial charge in [-0.3, -0.25) is 0 Å². The van der Waals surface area contributed by atoms with Crippen molar-refractivity contribution in [3.63, 3.8) is 0 Å². The highest BCUT2D eigenvalue weighted by atomic mass is 79.9. The van der Waals surface area contributed by atoms with Crippen LogP contribution in [0.1, 0.15) is 4.88 Å². The van der Waals surface area contributed by atoms with E-state index in [0.29, 0.717) is 6.54 Å². The van der Waals surface area contributed by atoms with E-state index in [1.807, 2.05) is 5.38 Å². The summed E-state index contributed by atoms with van der Waals surface area (Å²) in [7, 11) is 0. The maximum atomic E-state index is 8.82. The molecular formula is C8H9BrN4OS2. The summed E-state index contributed by atoms with van der Waals surface area (Å²) in [4.78, 5) is 1.26. The lowest BCUT2D eigenvalue weighted by Gasteiger charge is -2.00. The van der Waals surface area contributed by atoms with Crippen LogP contribution in [0.5, 0.6) is 0 Å². The molecule has 0 amide bonds. The first kappa shape index (κ1) is 12.0. The van der Waals surface area contributed by atoms with E-state index in [2.05, 4.69) is 37.5 Å². The topological polar surface area (TPSA) is 63.8 Å². The molecule has 5 nitrogen and oxygen atoms in total. The highest BCUT2D eigenvalue weighted by Gasteiger charge is 2.07. The van der Waals surface area contributed by atoms with Crippen molar-refractivity contribution in [3.8, 4) is 0 Å². The maximum absolute atomic E-state index is 8.82. The van der Waals surface area contributed by atoms with Gasteiger partial charge in [0.25, 0.3) is 0 Å². The Morgan fingerprint density at radius 3 is 3.12 bits per heavy atom. The fourth-order valence-corrected chi connectivity index (χ4v) is 3.51. The number of tetrazole rings is 1. The zero-order chi connectivity index (χ0) is 11.4. The van der Waals surface area contributed by atoms with Crippen molar-refractivity contribution in [2.75, 3.05) is 6.61 Å². The van der Waals surface area contributed by atoms with Crippen LogP contribution in [-0.2, 0) is 12.3 Å². The van der Waals surface area contributed by atoms with Crippen molar-refractivity contribution < 1.29 is 5.11 Å². The number of aromatic nitrogens is 4. The molecule has 0 spiro atoms. The molecule has 0 unspecified atom stereocenters. The molecule has 0 fully saturated rings. The van der Waals surface area contributed by atoms with Gasteiger partial charge in [-0.1, -0.05) is 11.8 Å². The van der Waals surface area contributed by atoms with Gasteiger partial charge in [0, 0.05) is 20.5 Å². The van der Waals surface area contributed by atoms with Crippen LogP contribution in [0.2, 0.25) is 0 Å². The van der Waals surface area contributed by atoms with Crippen molar-refractivity contribution in [1.82, 2.24) is 20.2 Å². The summed E-state index contributed by atoms with van der Waals surface area (Å²) < 4.78 is 2.70. The molecule has 2 aromatic rings. The summed E-state index contributed by atoms with van der Waals surface area (Å²) in [5.41, 5.74) is 0. The van der Waals surface area contributed by atoms with Gasteiger partial charge in [0.2, 0.25) is 5.16 Å². The van der Waals surface area contributed by atoms with Gasteiger partial charge in [0.1, 0.15) is 0 Å². The second-order valence-electron chi connectivity index (χ2n) is 2.93. The Morgan fingerprint density at radius 1 is 1.56 bits per heavy atom. The number of hydrogen-bond acceptors (Lipinski definition) is 6. The maximum Gasteiger partial charge on any atom is 0.209 e. The molecule has 0 aliphatic rings. The molecule has 0 radical (unpaired) electrons. The fourth-order valence-electron chi connectivity index (χ4n) is 1.10. The molecule has 2 aromatic heterocycles. The molecule has 0 saturated heterocycles. The monoisotopic (exact) mass is 320 g/mol. The van der Waals surface area contributed by atoms with Crippen LogP contribution in [0.4, 0.5) is 0 Å². The molecule has 0 bridgehead atoms. The molecule has 0 atom stereocenters. The third-order valence-corrected chi connectivity index (χ3v) is 4.66. The van der Waals surface area contributed by atoms with Gasteiger partial charge in [-0.15, -0.1) is 16.4 Å². The summed E-state index contributed by atoms with van der Waals surface area (Å²) in [5.74, 6) is 0.835. The van der Waals surface area contributed by atoms with Gasteiger partial charge in [-0.2, -0.15) is 0 Å². The van der Waals surface area contributed by atoms with E-state index >= 15 is 0 Å². The normalized spacial score (nSPS) is 10.9. The van der Waals surface area contributed by atoms with E-state index < -0.39 is 0 Å². The molecule has 0 aliphatic carbocycles. The fraction of sp³-hybridized carbons (Fsp3) is 0.375. The average molecular weight is 321 g/mol. The number of aliphatic hydroxyl groups is 1. The summed E-state index contributed by atoms with van der Waals surface area (Å²) in [5, 5.41) is 22.9. The predicted molar refractivity (Wildman–Crippen MR) is 66.5 cm³/mol. The van der Waals surface area contributed by atoms with E-state index in [0.717, 1.165) is 15.4 Å². The summed E-state index contributed by atoms with van der Waals surface area (Å²) >= 11 is 6.67. The van der Waals surface area contributed by atoms with Crippen molar-refractivity contribution in [3.05, 3.63) is 20.8 Å². The SMILES string of the molecule is OCCn1nnnc1SCc1cc(Br)cs1. The van der Waals surface area contributed by atoms with E-state index in [9.17, 15) is 0 Å². The van der Waals surface area contributed by atoms with Crippen LogP contribution in [0.15, 0.2) is 21.1 Å². The Kier molecular flexibility index (Phi) is 4.33. The van der Waals surface area contributed by atoms with Gasteiger partial charge in [-0.05, 0) is 32.4 Å². The molecule has 86 valence electrons. The first-order chi connectivity index (χ1) is 7.79. The summed E-state index contributed by atoms with van der Waals surface area (Å²) in [6.45, 7) is 0.479. The number of thioether (sulfide) groups is 1. The number of rotatable bonds is 5. The van der Waals surface area contributed by atoms with Crippen LogP contribution in [-0.4, -0.2) is 31.9 Å². The second-order valence-corrected chi connectivity index (χ2v) is 5.78. The van der Waals surface area contributed by atoms with Crippen molar-refractivity contribution in [1.29, 1.82) is 0 Å². The number of hydrogen-bond donors (Lipinski definition) is 1. The number of halogens is 1. The van der Waals surface area contributed by atoms with E-state index in [4.69, 9.17) is 5.11 Å². The van der Waals surface area contributed by atoms with Gasteiger partial charge in [-0.25, -0.2) is 4.68 Å². The highest BCUT2D eigenvalue weighted by molar-refractivity contribution is 9.10. The first-order valence-corrected chi connectivity index (χ1v) is 7.18. The first-order valence-electron chi connectivity index (χ1n) is 4.52. The van der Waals surface area contributed by atoms with Crippen molar-refractivity contribution >= 4 is 39.0 Å². The molecule has 2 rings (SSSR count). The smallest absolute Gasteiger partial charge is 0.209 e. The van der Waals surface area contributed by atoms with Crippen molar-refractivity contribution in [2.24, 2.45) is 0 Å². The molecule has 16 heavy (non-hydrogen) atoms. The number of thiophene rings is 1. The highest BCUT2D eigenvalue weighted by Crippen LogP contribution is 2.26. The van der Waals surface area contributed by atoms with Crippen LogP contribution in [0.25, 0.3) is 0 Å². The minimum Gasteiger partial charge on any atom is -0.394 e. The van der Waals surface area contributed by atoms with Crippen LogP contribution >= 0.6 is 39.0 Å². The molecule has 8 heteroatoms. The van der Waals surface area contributed by atoms with Gasteiger partial charge in [0.15, 0.2) is 0 Å². The van der Waals surface area contributed by atoms with Gasteiger partial charge < -0.3 is 5.11 Å². The molecule has 1 N–H and O–H groups in total. The minimum atomic E-state index is 0.0448. The van der Waals surface area contributed by atoms with E-state index in [1.165, 1.54) is 4.88 Å². The van der Waals surface area contributed by atoms with E-state index in [-0.39, 0.29) is 6.61 Å². The van der Waals surface area contributed by atoms with Gasteiger partial charge >= 0.3 is 0 Å². The zero-order valence-electron chi connectivity index (χ0n) is 8.21. The van der Waals surface area contributed by atoms with E-state index in [1.54, 1.807) is 27.8 Å². The van der Waals surface area contributed by atoms with Gasteiger partial charge in [0.05, 0.1) is 13.2 Å². The molecule has 2 heterocycles. The third kappa shape index (κ3) is 3.03. The Hall–Kier alpha value is -0.440. The quantitative estimate of drug-likeness (QED) is 0.851. The third-order valence-electron chi connectivity index (χ3n) is 1.78. The zero-order valence-corrected chi connectivity index (χ0v) is 11.4. The van der Waals surface area contributed by atoms with Crippen LogP contribution < -0.4 is 0 Å². The van der Waals surface area contributed by atoms with Crippen molar-refractivity contribution in [2.45, 2.75) is 17.5 Å². The molecular weight excluding hydrogens is 312 g/mol. The van der Waals surface area contributed by atoms with Crippen LogP contribution in [0.3, 0.4) is 0 Å². The summed E-state index contributed by atoms with van der Waals surface area (Å²) in [6, 6.07) is 2.08. The molecule has 0 saturated carbocycles.